The molecular formula is C27H30O4. The number of carboxylic acids is 1. The summed E-state index contributed by atoms with van der Waals surface area (Å²) in [5.41, 5.74) is 1.24. The third-order valence-electron chi connectivity index (χ3n) is 4.51. The number of carboxylic acid groups (broad SMARTS) is 1. The fourth-order valence-corrected chi connectivity index (χ4v) is 3.09. The Labute approximate surface area is 183 Å². The normalized spacial score (nSPS) is 10.0. The van der Waals surface area contributed by atoms with Gasteiger partial charge in [0.15, 0.2) is 0 Å². The van der Waals surface area contributed by atoms with E-state index in [2.05, 4.69) is 72.8 Å². The van der Waals surface area contributed by atoms with Crippen molar-refractivity contribution in [1.29, 1.82) is 0 Å². The van der Waals surface area contributed by atoms with Gasteiger partial charge in [0, 0.05) is 6.61 Å². The maximum absolute atomic E-state index is 10.3. The molecule has 0 aliphatic rings. The molecule has 4 heteroatoms. The van der Waals surface area contributed by atoms with Crippen LogP contribution in [0.5, 0.6) is 0 Å². The summed E-state index contributed by atoms with van der Waals surface area (Å²) in [7, 11) is 0. The first-order valence-corrected chi connectivity index (χ1v) is 10.5. The minimum Gasteiger partial charge on any atom is -0.481 e. The molecule has 0 saturated heterocycles. The van der Waals surface area contributed by atoms with Crippen LogP contribution < -0.4 is 0 Å². The lowest BCUT2D eigenvalue weighted by molar-refractivity contribution is -0.138. The number of carbonyl (C=O) groups is 1. The fraction of sp³-hybridized carbons (Fsp3) is 0.222. The van der Waals surface area contributed by atoms with Crippen molar-refractivity contribution in [2.75, 3.05) is 19.8 Å². The van der Waals surface area contributed by atoms with Crippen LogP contribution in [0.15, 0.2) is 91.0 Å². The summed E-state index contributed by atoms with van der Waals surface area (Å²) in [5, 5.41) is 21.1. The molecule has 4 nitrogen and oxygen atoms in total. The van der Waals surface area contributed by atoms with Crippen molar-refractivity contribution in [2.24, 2.45) is 0 Å². The molecule has 0 heterocycles. The smallest absolute Gasteiger partial charge is 0.305 e. The molecular weight excluding hydrogens is 388 g/mol. The molecule has 0 saturated carbocycles. The van der Waals surface area contributed by atoms with Crippen LogP contribution in [0, 0.1) is 0 Å². The number of aliphatic hydroxyl groups is 1. The molecule has 2 N–H and O–H groups in total. The Morgan fingerprint density at radius 3 is 1.77 bits per heavy atom. The fourth-order valence-electron chi connectivity index (χ4n) is 3.09. The standard InChI is InChI=1S/C15H16O3.C10H8.C2H6O/c16-15(17)9-11-18-10-8-13-6-3-5-12-4-1-2-7-14(12)13;1-2-6-10-8-4-3-7-9(10)5-1;1-2-3/h1-7H,8-11H2,(H,16,17);1-8H;3H,2H2,1H3. The summed E-state index contributed by atoms with van der Waals surface area (Å²) in [6.07, 6.45) is 0.872. The number of aliphatic carboxylic acids is 1. The van der Waals surface area contributed by atoms with E-state index in [1.165, 1.54) is 27.1 Å². The van der Waals surface area contributed by atoms with Crippen LogP contribution in [0.2, 0.25) is 0 Å². The molecule has 0 radical (unpaired) electrons. The van der Waals surface area contributed by atoms with Crippen molar-refractivity contribution in [2.45, 2.75) is 19.8 Å². The third-order valence-corrected chi connectivity index (χ3v) is 4.51. The Balaban J connectivity index is 0.000000219. The van der Waals surface area contributed by atoms with Crippen molar-refractivity contribution in [1.82, 2.24) is 0 Å². The van der Waals surface area contributed by atoms with Crippen molar-refractivity contribution >= 4 is 27.5 Å². The van der Waals surface area contributed by atoms with Gasteiger partial charge in [-0.05, 0) is 40.5 Å². The maximum atomic E-state index is 10.3. The van der Waals surface area contributed by atoms with Gasteiger partial charge in [-0.3, -0.25) is 4.79 Å². The highest BCUT2D eigenvalue weighted by molar-refractivity contribution is 5.85. The zero-order valence-electron chi connectivity index (χ0n) is 17.9. The van der Waals surface area contributed by atoms with Crippen LogP contribution in [-0.2, 0) is 16.0 Å². The van der Waals surface area contributed by atoms with Gasteiger partial charge >= 0.3 is 5.97 Å². The van der Waals surface area contributed by atoms with Gasteiger partial charge in [0.1, 0.15) is 0 Å². The number of benzene rings is 4. The van der Waals surface area contributed by atoms with E-state index in [1.807, 2.05) is 18.2 Å². The monoisotopic (exact) mass is 418 g/mol. The molecule has 0 unspecified atom stereocenters. The number of hydrogen-bond donors (Lipinski definition) is 2. The molecule has 0 bridgehead atoms. The highest BCUT2D eigenvalue weighted by Gasteiger charge is 2.01. The first kappa shape index (κ1) is 24.1. The van der Waals surface area contributed by atoms with E-state index in [0.29, 0.717) is 6.61 Å². The minimum absolute atomic E-state index is 0.0650. The summed E-state index contributed by atoms with van der Waals surface area (Å²) >= 11 is 0. The predicted molar refractivity (Wildman–Crippen MR) is 127 cm³/mol. The quantitative estimate of drug-likeness (QED) is 0.394. The molecule has 0 atom stereocenters. The maximum Gasteiger partial charge on any atom is 0.305 e. The Morgan fingerprint density at radius 1 is 0.742 bits per heavy atom. The van der Waals surface area contributed by atoms with E-state index in [9.17, 15) is 4.79 Å². The van der Waals surface area contributed by atoms with Gasteiger partial charge in [-0.2, -0.15) is 0 Å². The summed E-state index contributed by atoms with van der Waals surface area (Å²) in [6.45, 7) is 2.77. The lowest BCUT2D eigenvalue weighted by atomic mass is 10.0. The van der Waals surface area contributed by atoms with Crippen LogP contribution in [0.1, 0.15) is 18.9 Å². The van der Waals surface area contributed by atoms with Crippen molar-refractivity contribution in [3.05, 3.63) is 96.6 Å². The summed E-state index contributed by atoms with van der Waals surface area (Å²) in [6, 6.07) is 31.2. The molecule has 4 aromatic rings. The second kappa shape index (κ2) is 13.9. The van der Waals surface area contributed by atoms with E-state index in [4.69, 9.17) is 14.9 Å². The number of fused-ring (bicyclic) bond motifs is 2. The average Bonchev–Trinajstić information content (AvgIpc) is 2.80. The Kier molecular flexibility index (Phi) is 10.8. The number of ether oxygens (including phenoxy) is 1. The Bertz CT molecular complexity index is 988. The second-order valence-electron chi connectivity index (χ2n) is 6.81. The van der Waals surface area contributed by atoms with Gasteiger partial charge in [0.25, 0.3) is 0 Å². The highest BCUT2D eigenvalue weighted by Crippen LogP contribution is 2.18. The molecule has 0 spiro atoms. The summed E-state index contributed by atoms with van der Waals surface area (Å²) < 4.78 is 5.32. The van der Waals surface area contributed by atoms with E-state index >= 15 is 0 Å². The van der Waals surface area contributed by atoms with Crippen LogP contribution in [0.3, 0.4) is 0 Å². The van der Waals surface area contributed by atoms with Crippen LogP contribution >= 0.6 is 0 Å². The van der Waals surface area contributed by atoms with Gasteiger partial charge in [0.05, 0.1) is 19.6 Å². The van der Waals surface area contributed by atoms with Crippen molar-refractivity contribution in [3.63, 3.8) is 0 Å². The molecule has 31 heavy (non-hydrogen) atoms. The lowest BCUT2D eigenvalue weighted by Crippen LogP contribution is -2.05. The molecule has 0 amide bonds. The second-order valence-corrected chi connectivity index (χ2v) is 6.81. The van der Waals surface area contributed by atoms with Gasteiger partial charge in [-0.15, -0.1) is 0 Å². The summed E-state index contributed by atoms with van der Waals surface area (Å²) in [4.78, 5) is 10.3. The predicted octanol–water partition coefficient (Wildman–Crippen LogP) is 5.71. The Morgan fingerprint density at radius 2 is 1.23 bits per heavy atom. The lowest BCUT2D eigenvalue weighted by Gasteiger charge is -2.06. The molecule has 162 valence electrons. The molecule has 0 fully saturated rings. The summed E-state index contributed by atoms with van der Waals surface area (Å²) in [5.74, 6) is -0.819. The van der Waals surface area contributed by atoms with Gasteiger partial charge in [-0.25, -0.2) is 0 Å². The zero-order chi connectivity index (χ0) is 22.3. The van der Waals surface area contributed by atoms with E-state index in [0.717, 1.165) is 6.42 Å². The minimum atomic E-state index is -0.819. The van der Waals surface area contributed by atoms with Crippen molar-refractivity contribution < 1.29 is 19.7 Å². The van der Waals surface area contributed by atoms with Crippen molar-refractivity contribution in [3.8, 4) is 0 Å². The SMILES string of the molecule is CCO.O=C(O)CCOCCc1cccc2ccccc12.c1ccc2ccccc2c1. The Hall–Kier alpha value is -3.21. The largest absolute Gasteiger partial charge is 0.481 e. The molecule has 0 aromatic heterocycles. The van der Waals surface area contributed by atoms with Crippen LogP contribution in [-0.4, -0.2) is 36.0 Å². The third kappa shape index (κ3) is 8.59. The van der Waals surface area contributed by atoms with E-state index in [-0.39, 0.29) is 19.6 Å². The first-order valence-electron chi connectivity index (χ1n) is 10.5. The van der Waals surface area contributed by atoms with Gasteiger partial charge in [0.2, 0.25) is 0 Å². The zero-order valence-corrected chi connectivity index (χ0v) is 17.9. The number of rotatable bonds is 6. The first-order chi connectivity index (χ1) is 15.2. The number of hydrogen-bond acceptors (Lipinski definition) is 3. The van der Waals surface area contributed by atoms with E-state index < -0.39 is 5.97 Å². The van der Waals surface area contributed by atoms with Gasteiger partial charge in [-0.1, -0.05) is 91.0 Å². The molecule has 0 aliphatic carbocycles. The van der Waals surface area contributed by atoms with Crippen LogP contribution in [0.25, 0.3) is 21.5 Å². The van der Waals surface area contributed by atoms with Gasteiger partial charge < -0.3 is 14.9 Å². The van der Waals surface area contributed by atoms with E-state index in [1.54, 1.807) is 6.92 Å². The number of aliphatic hydroxyl groups excluding tert-OH is 1. The average molecular weight is 419 g/mol. The molecule has 4 aromatic carbocycles. The molecule has 4 rings (SSSR count). The highest BCUT2D eigenvalue weighted by atomic mass is 16.5. The van der Waals surface area contributed by atoms with Crippen LogP contribution in [0.4, 0.5) is 0 Å². The topological polar surface area (TPSA) is 66.8 Å². The molecule has 0 aliphatic heterocycles.